The van der Waals surface area contributed by atoms with E-state index in [1.54, 1.807) is 33.9 Å². The summed E-state index contributed by atoms with van der Waals surface area (Å²) in [5.74, 6) is 1.07. The Hall–Kier alpha value is -3.31. The fraction of sp³-hybridized carbons (Fsp3) is 0.639. The van der Waals surface area contributed by atoms with Gasteiger partial charge in [0.25, 0.3) is 0 Å². The molecule has 0 bridgehead atoms. The Morgan fingerprint density at radius 1 is 1.02 bits per heavy atom. The lowest BCUT2D eigenvalue weighted by Gasteiger charge is -2.38. The van der Waals surface area contributed by atoms with Crippen LogP contribution in [-0.2, 0) is 18.7 Å². The number of pyridine rings is 1. The number of carbonyl (C=O) groups is 2. The van der Waals surface area contributed by atoms with E-state index < -0.39 is 38.1 Å². The van der Waals surface area contributed by atoms with E-state index in [-0.39, 0.29) is 23.4 Å². The second kappa shape index (κ2) is 14.8. The molecule has 1 aromatic carbocycles. The van der Waals surface area contributed by atoms with Crippen molar-refractivity contribution in [3.63, 3.8) is 0 Å². The first-order valence-electron chi connectivity index (χ1n) is 16.4. The number of methoxy groups -OCH3 is 2. The van der Waals surface area contributed by atoms with Crippen molar-refractivity contribution in [2.24, 2.45) is 5.41 Å². The number of rotatable bonds is 12. The maximum absolute atomic E-state index is 13.0. The summed E-state index contributed by atoms with van der Waals surface area (Å²) in [4.78, 5) is 31.8. The smallest absolute Gasteiger partial charge is 0.411 e. The van der Waals surface area contributed by atoms with Gasteiger partial charge in [0, 0.05) is 36.1 Å². The van der Waals surface area contributed by atoms with Gasteiger partial charge in [0.05, 0.1) is 32.9 Å². The molecule has 3 rings (SSSR count). The third-order valence-corrected chi connectivity index (χ3v) is 13.1. The number of aromatic nitrogens is 1. The van der Waals surface area contributed by atoms with E-state index in [0.29, 0.717) is 36.1 Å². The molecule has 0 saturated carbocycles. The number of hydrogen-bond donors (Lipinski definition) is 0. The Kier molecular flexibility index (Phi) is 12.0. The van der Waals surface area contributed by atoms with Crippen LogP contribution in [0.25, 0.3) is 17.0 Å². The summed E-state index contributed by atoms with van der Waals surface area (Å²) in [6.45, 7) is 24.2. The molecule has 262 valence electrons. The number of fused-ring (bicyclic) bond motifs is 1. The third kappa shape index (κ3) is 10.1. The molecule has 1 aromatic heterocycles. The van der Waals surface area contributed by atoms with Crippen LogP contribution >= 0.6 is 0 Å². The van der Waals surface area contributed by atoms with Crippen LogP contribution in [0.1, 0.15) is 80.7 Å². The fourth-order valence-electron chi connectivity index (χ4n) is 4.94. The molecular weight excluding hydrogens is 616 g/mol. The Morgan fingerprint density at radius 3 is 2.28 bits per heavy atom. The van der Waals surface area contributed by atoms with Crippen LogP contribution in [0, 0.1) is 5.41 Å². The molecule has 10 nitrogen and oxygen atoms in total. The summed E-state index contributed by atoms with van der Waals surface area (Å²) < 4.78 is 35.2. The van der Waals surface area contributed by atoms with Gasteiger partial charge in [0.1, 0.15) is 29.2 Å². The molecule has 47 heavy (non-hydrogen) atoms. The molecule has 11 heteroatoms. The molecule has 1 aliphatic heterocycles. The zero-order valence-electron chi connectivity index (χ0n) is 30.7. The normalized spacial score (nSPS) is 17.7. The lowest BCUT2D eigenvalue weighted by molar-refractivity contribution is -0.145. The molecule has 1 aliphatic rings. The van der Waals surface area contributed by atoms with Crippen LogP contribution in [0.3, 0.4) is 0 Å². The number of allylic oxidation sites excluding steroid dienone is 1. The molecule has 1 amide bonds. The molecule has 0 unspecified atom stereocenters. The van der Waals surface area contributed by atoms with Gasteiger partial charge in [-0.15, -0.1) is 0 Å². The topological polar surface area (TPSA) is 106 Å². The quantitative estimate of drug-likeness (QED) is 0.164. The molecule has 0 N–H and O–H groups in total. The number of hydrogen-bond acceptors (Lipinski definition) is 9. The highest BCUT2D eigenvalue weighted by Gasteiger charge is 2.43. The average Bonchev–Trinajstić information content (AvgIpc) is 3.38. The molecule has 0 aliphatic carbocycles. The van der Waals surface area contributed by atoms with Gasteiger partial charge < -0.3 is 28.1 Å². The van der Waals surface area contributed by atoms with Crippen molar-refractivity contribution < 1.29 is 37.7 Å². The van der Waals surface area contributed by atoms with Gasteiger partial charge >= 0.3 is 12.1 Å². The SMILES string of the molecule is CCOc1cc(O[C@@H]2C[C@@H](C(=O)OC)N(C(=O)OC(C)(C)C)C2)c2cc(C=CCC(C)(C)CO[Si](C)(C)C(C)(C)C)c(OC)cc2n1. The predicted octanol–water partition coefficient (Wildman–Crippen LogP) is 8.02. The second-order valence-corrected chi connectivity index (χ2v) is 20.3. The minimum absolute atomic E-state index is 0.0585. The summed E-state index contributed by atoms with van der Waals surface area (Å²) >= 11 is 0. The first-order valence-corrected chi connectivity index (χ1v) is 19.3. The van der Waals surface area contributed by atoms with E-state index in [2.05, 4.69) is 59.9 Å². The maximum Gasteiger partial charge on any atom is 0.411 e. The van der Waals surface area contributed by atoms with Crippen molar-refractivity contribution in [3.05, 3.63) is 29.8 Å². The number of carbonyl (C=O) groups excluding carboxylic acids is 2. The van der Waals surface area contributed by atoms with Gasteiger partial charge in [-0.05, 0) is 63.7 Å². The standard InChI is InChI=1S/C36H56N2O8Si/c1-14-43-31-21-30(45-25-19-28(32(39)42-11)38(22-25)33(40)46-34(2,3)4)26-18-24(29(41-10)20-27(26)37-31)16-15-17-36(8,9)23-44-47(12,13)35(5,6)7/h15-16,18,20-21,25,28H,14,17,19,22-23H2,1-13H3/t25-,28+/m1/s1. The number of amides is 1. The van der Waals surface area contributed by atoms with Gasteiger partial charge in [-0.3, -0.25) is 4.90 Å². The second-order valence-electron chi connectivity index (χ2n) is 15.5. The van der Waals surface area contributed by atoms with Crippen molar-refractivity contribution in [2.45, 2.75) is 111 Å². The monoisotopic (exact) mass is 672 g/mol. The molecule has 1 fully saturated rings. The van der Waals surface area contributed by atoms with E-state index in [4.69, 9.17) is 33.1 Å². The molecule has 0 radical (unpaired) electrons. The zero-order valence-corrected chi connectivity index (χ0v) is 31.7. The van der Waals surface area contributed by atoms with Crippen molar-refractivity contribution in [1.29, 1.82) is 0 Å². The van der Waals surface area contributed by atoms with E-state index in [1.165, 1.54) is 12.0 Å². The Balaban J connectivity index is 1.93. The lowest BCUT2D eigenvalue weighted by Crippen LogP contribution is -2.44. The van der Waals surface area contributed by atoms with Crippen molar-refractivity contribution in [3.8, 4) is 17.4 Å². The van der Waals surface area contributed by atoms with E-state index in [1.807, 2.05) is 19.1 Å². The first kappa shape index (κ1) is 38.1. The highest BCUT2D eigenvalue weighted by molar-refractivity contribution is 6.74. The van der Waals surface area contributed by atoms with Crippen LogP contribution < -0.4 is 14.2 Å². The minimum atomic E-state index is -1.86. The van der Waals surface area contributed by atoms with Crippen LogP contribution in [-0.4, -0.2) is 82.0 Å². The van der Waals surface area contributed by atoms with Crippen molar-refractivity contribution in [1.82, 2.24) is 9.88 Å². The number of benzene rings is 1. The number of esters is 1. The van der Waals surface area contributed by atoms with Crippen LogP contribution in [0.2, 0.25) is 18.1 Å². The van der Waals surface area contributed by atoms with Crippen molar-refractivity contribution in [2.75, 3.05) is 34.0 Å². The Labute approximate surface area is 282 Å². The van der Waals surface area contributed by atoms with Gasteiger partial charge in [-0.25, -0.2) is 14.6 Å². The summed E-state index contributed by atoms with van der Waals surface area (Å²) in [5, 5.41) is 0.903. The van der Waals surface area contributed by atoms with Gasteiger partial charge in [-0.2, -0.15) is 0 Å². The van der Waals surface area contributed by atoms with Gasteiger partial charge in [0.2, 0.25) is 5.88 Å². The molecular formula is C36H56N2O8Si. The molecule has 1 saturated heterocycles. The first-order chi connectivity index (χ1) is 21.7. The molecule has 2 heterocycles. The predicted molar refractivity (Wildman–Crippen MR) is 188 cm³/mol. The van der Waals surface area contributed by atoms with E-state index in [9.17, 15) is 9.59 Å². The summed E-state index contributed by atoms with van der Waals surface area (Å²) in [5.41, 5.74) is 0.720. The van der Waals surface area contributed by atoms with Crippen LogP contribution in [0.4, 0.5) is 4.79 Å². The van der Waals surface area contributed by atoms with Crippen LogP contribution in [0.5, 0.6) is 17.4 Å². The highest BCUT2D eigenvalue weighted by atomic mass is 28.4. The number of nitrogens with zero attached hydrogens (tertiary/aromatic N) is 2. The summed E-state index contributed by atoms with van der Waals surface area (Å²) in [6, 6.07) is 4.77. The zero-order chi connectivity index (χ0) is 35.4. The highest BCUT2D eigenvalue weighted by Crippen LogP contribution is 2.39. The molecule has 2 aromatic rings. The molecule has 0 spiro atoms. The average molecular weight is 673 g/mol. The van der Waals surface area contributed by atoms with E-state index in [0.717, 1.165) is 17.4 Å². The fourth-order valence-corrected chi connectivity index (χ4v) is 6.13. The minimum Gasteiger partial charge on any atom is -0.496 e. The van der Waals surface area contributed by atoms with Crippen molar-refractivity contribution >= 4 is 37.4 Å². The largest absolute Gasteiger partial charge is 0.496 e. The Morgan fingerprint density at radius 2 is 1.70 bits per heavy atom. The van der Waals surface area contributed by atoms with Crippen LogP contribution in [0.15, 0.2) is 24.3 Å². The molecule has 2 atom stereocenters. The third-order valence-electron chi connectivity index (χ3n) is 8.65. The number of likely N-dealkylation sites (tertiary alicyclic amines) is 1. The number of ether oxygens (including phenoxy) is 5. The summed E-state index contributed by atoms with van der Waals surface area (Å²) in [7, 11) is 1.08. The van der Waals surface area contributed by atoms with E-state index >= 15 is 0 Å². The maximum atomic E-state index is 13.0. The lowest BCUT2D eigenvalue weighted by atomic mass is 9.90. The Bertz CT molecular complexity index is 1440. The van der Waals surface area contributed by atoms with Gasteiger partial charge in [0.15, 0.2) is 8.32 Å². The van der Waals surface area contributed by atoms with Gasteiger partial charge in [-0.1, -0.05) is 46.8 Å². The summed E-state index contributed by atoms with van der Waals surface area (Å²) in [6.07, 6.45) is 4.16.